The summed E-state index contributed by atoms with van der Waals surface area (Å²) in [6.45, 7) is 2.65. The number of rotatable bonds is 2. The van der Waals surface area contributed by atoms with Crippen LogP contribution < -0.4 is 14.8 Å². The molecule has 0 fully saturated rings. The number of furan rings is 1. The van der Waals surface area contributed by atoms with E-state index in [9.17, 15) is 9.18 Å². The second kappa shape index (κ2) is 6.07. The number of hydrogen-bond acceptors (Lipinski definition) is 4. The van der Waals surface area contributed by atoms with Crippen LogP contribution in [0.25, 0.3) is 11.0 Å². The first-order chi connectivity index (χ1) is 12.0. The maximum Gasteiger partial charge on any atom is 0.291 e. The molecule has 0 radical (unpaired) electrons. The molecule has 0 spiro atoms. The van der Waals surface area contributed by atoms with Crippen LogP contribution in [0.15, 0.2) is 39.2 Å². The van der Waals surface area contributed by atoms with E-state index >= 15 is 0 Å². The van der Waals surface area contributed by atoms with E-state index in [1.54, 1.807) is 31.2 Å². The molecule has 1 amide bonds. The Balaban J connectivity index is 1.69. The summed E-state index contributed by atoms with van der Waals surface area (Å²) in [5.41, 5.74) is 1.17. The molecule has 4 rings (SSSR count). The number of halogens is 2. The number of aryl methyl sites for hydroxylation is 1. The van der Waals surface area contributed by atoms with E-state index in [-0.39, 0.29) is 11.3 Å². The van der Waals surface area contributed by atoms with Gasteiger partial charge in [-0.3, -0.25) is 4.79 Å². The number of nitrogens with one attached hydrogen (secondary N) is 1. The normalized spacial score (nSPS) is 13.1. The van der Waals surface area contributed by atoms with Crippen LogP contribution in [0.3, 0.4) is 0 Å². The molecule has 0 aliphatic carbocycles. The van der Waals surface area contributed by atoms with Gasteiger partial charge in [0.1, 0.15) is 13.2 Å². The quantitative estimate of drug-likeness (QED) is 0.672. The van der Waals surface area contributed by atoms with Crippen LogP contribution in [0.2, 0.25) is 0 Å². The molecule has 1 aliphatic heterocycles. The molecule has 0 unspecified atom stereocenters. The molecule has 1 aliphatic rings. The Morgan fingerprint density at radius 1 is 1.20 bits per heavy atom. The van der Waals surface area contributed by atoms with Crippen molar-refractivity contribution in [1.29, 1.82) is 0 Å². The second-order valence-corrected chi connectivity index (χ2v) is 6.46. The number of amides is 1. The van der Waals surface area contributed by atoms with Gasteiger partial charge < -0.3 is 19.2 Å². The summed E-state index contributed by atoms with van der Waals surface area (Å²) in [5, 5.41) is 3.34. The van der Waals surface area contributed by atoms with Gasteiger partial charge in [-0.1, -0.05) is 12.1 Å². The van der Waals surface area contributed by atoms with Gasteiger partial charge in [0, 0.05) is 27.6 Å². The molecule has 1 aromatic heterocycles. The summed E-state index contributed by atoms with van der Waals surface area (Å²) in [5.74, 6) is 0.266. The predicted octanol–water partition coefficient (Wildman–Crippen LogP) is 4.67. The number of para-hydroxylation sites is 1. The first-order valence-electron chi connectivity index (χ1n) is 7.62. The fourth-order valence-corrected chi connectivity index (χ4v) is 3.19. The van der Waals surface area contributed by atoms with Crippen LogP contribution >= 0.6 is 15.9 Å². The zero-order valence-corrected chi connectivity index (χ0v) is 14.8. The predicted molar refractivity (Wildman–Crippen MR) is 94.0 cm³/mol. The lowest BCUT2D eigenvalue weighted by molar-refractivity contribution is 0.0997. The monoisotopic (exact) mass is 405 g/mol. The largest absolute Gasteiger partial charge is 0.486 e. The minimum absolute atomic E-state index is 0.0712. The summed E-state index contributed by atoms with van der Waals surface area (Å²) in [4.78, 5) is 12.6. The van der Waals surface area contributed by atoms with Gasteiger partial charge in [-0.25, -0.2) is 4.39 Å². The fraction of sp³-hybridized carbons (Fsp3) is 0.167. The number of carbonyl (C=O) groups is 1. The van der Waals surface area contributed by atoms with E-state index in [1.807, 2.05) is 0 Å². The van der Waals surface area contributed by atoms with Crippen molar-refractivity contribution in [2.75, 3.05) is 18.5 Å². The number of anilines is 1. The van der Waals surface area contributed by atoms with Gasteiger partial charge >= 0.3 is 0 Å². The molecule has 0 bridgehead atoms. The fourth-order valence-electron chi connectivity index (χ4n) is 2.76. The lowest BCUT2D eigenvalue weighted by Gasteiger charge is -2.20. The van der Waals surface area contributed by atoms with Gasteiger partial charge in [0.25, 0.3) is 5.91 Å². The number of carbonyl (C=O) groups excluding carboxylic acids is 1. The zero-order chi connectivity index (χ0) is 17.6. The average molecular weight is 406 g/mol. The van der Waals surface area contributed by atoms with Crippen molar-refractivity contribution in [1.82, 2.24) is 0 Å². The Kier molecular flexibility index (Phi) is 3.88. The van der Waals surface area contributed by atoms with Crippen molar-refractivity contribution in [3.8, 4) is 11.5 Å². The molecule has 0 saturated heterocycles. The van der Waals surface area contributed by atoms with Crippen molar-refractivity contribution in [3.05, 3.63) is 51.9 Å². The highest BCUT2D eigenvalue weighted by atomic mass is 79.9. The zero-order valence-electron chi connectivity index (χ0n) is 13.2. The highest BCUT2D eigenvalue weighted by Gasteiger charge is 2.22. The number of benzene rings is 2. The van der Waals surface area contributed by atoms with E-state index in [4.69, 9.17) is 13.9 Å². The van der Waals surface area contributed by atoms with E-state index in [1.165, 1.54) is 6.07 Å². The number of hydrogen-bond donors (Lipinski definition) is 1. The molecule has 3 aromatic rings. The minimum Gasteiger partial charge on any atom is -0.486 e. The van der Waals surface area contributed by atoms with Crippen molar-refractivity contribution in [3.63, 3.8) is 0 Å². The summed E-state index contributed by atoms with van der Waals surface area (Å²) < 4.78 is 31.0. The molecule has 2 aromatic carbocycles. The van der Waals surface area contributed by atoms with Crippen molar-refractivity contribution in [2.24, 2.45) is 0 Å². The Labute approximate surface area is 150 Å². The van der Waals surface area contributed by atoms with Crippen LogP contribution in [-0.4, -0.2) is 19.1 Å². The highest BCUT2D eigenvalue weighted by Crippen LogP contribution is 2.38. The van der Waals surface area contributed by atoms with Gasteiger partial charge in [-0.15, -0.1) is 0 Å². The summed E-state index contributed by atoms with van der Waals surface area (Å²) in [6, 6.07) is 8.00. The molecule has 128 valence electrons. The van der Waals surface area contributed by atoms with E-state index < -0.39 is 11.7 Å². The van der Waals surface area contributed by atoms with Gasteiger partial charge in [0.2, 0.25) is 0 Å². The number of ether oxygens (including phenoxy) is 2. The van der Waals surface area contributed by atoms with Crippen LogP contribution in [0, 0.1) is 12.7 Å². The highest BCUT2D eigenvalue weighted by molar-refractivity contribution is 9.10. The Hall–Kier alpha value is -2.54. The second-order valence-electron chi connectivity index (χ2n) is 5.60. The molecule has 2 heterocycles. The van der Waals surface area contributed by atoms with Gasteiger partial charge in [0.05, 0.1) is 5.69 Å². The Bertz CT molecular complexity index is 998. The maximum atomic E-state index is 13.9. The van der Waals surface area contributed by atoms with Crippen molar-refractivity contribution in [2.45, 2.75) is 6.92 Å². The average Bonchev–Trinajstić information content (AvgIpc) is 2.94. The minimum atomic E-state index is -0.500. The van der Waals surface area contributed by atoms with Crippen LogP contribution in [-0.2, 0) is 0 Å². The molecule has 1 N–H and O–H groups in total. The first kappa shape index (κ1) is 16.0. The molecular weight excluding hydrogens is 393 g/mol. The smallest absolute Gasteiger partial charge is 0.291 e. The molecule has 25 heavy (non-hydrogen) atoms. The van der Waals surface area contributed by atoms with Crippen LogP contribution in [0.1, 0.15) is 16.1 Å². The van der Waals surface area contributed by atoms with E-state index in [2.05, 4.69) is 21.2 Å². The number of fused-ring (bicyclic) bond motifs is 2. The third-order valence-corrected chi connectivity index (χ3v) is 4.66. The standard InChI is InChI=1S/C18H13BrFNO4/c1-9-10-3-2-4-12(20)17(10)25-16(9)18(22)21-13-8-15-14(7-11(13)19)23-5-6-24-15/h2-4,7-8H,5-6H2,1H3,(H,21,22). The maximum absolute atomic E-state index is 13.9. The van der Waals surface area contributed by atoms with Gasteiger partial charge in [-0.05, 0) is 28.9 Å². The third kappa shape index (κ3) is 2.74. The van der Waals surface area contributed by atoms with Crippen molar-refractivity contribution >= 4 is 38.5 Å². The Morgan fingerprint density at radius 3 is 2.64 bits per heavy atom. The lowest BCUT2D eigenvalue weighted by atomic mass is 10.1. The summed E-state index contributed by atoms with van der Waals surface area (Å²) in [7, 11) is 0. The Morgan fingerprint density at radius 2 is 1.92 bits per heavy atom. The van der Waals surface area contributed by atoms with Crippen LogP contribution in [0.4, 0.5) is 10.1 Å². The van der Waals surface area contributed by atoms with E-state index in [0.717, 1.165) is 0 Å². The molecule has 0 saturated carbocycles. The lowest BCUT2D eigenvalue weighted by Crippen LogP contribution is -2.17. The molecule has 0 atom stereocenters. The SMILES string of the molecule is Cc1c(C(=O)Nc2cc3c(cc2Br)OCCO3)oc2c(F)cccc12. The van der Waals surface area contributed by atoms with Crippen molar-refractivity contribution < 1.29 is 23.1 Å². The summed E-state index contributed by atoms with van der Waals surface area (Å²) in [6.07, 6.45) is 0. The molecule has 7 heteroatoms. The molecule has 5 nitrogen and oxygen atoms in total. The van der Waals surface area contributed by atoms with Gasteiger partial charge in [0.15, 0.2) is 28.7 Å². The van der Waals surface area contributed by atoms with Crippen LogP contribution in [0.5, 0.6) is 11.5 Å². The first-order valence-corrected chi connectivity index (χ1v) is 8.42. The van der Waals surface area contributed by atoms with Gasteiger partial charge in [-0.2, -0.15) is 0 Å². The topological polar surface area (TPSA) is 60.7 Å². The third-order valence-electron chi connectivity index (χ3n) is 4.00. The molecular formula is C18H13BrFNO4. The van der Waals surface area contributed by atoms with E-state index in [0.29, 0.717) is 45.8 Å². The summed E-state index contributed by atoms with van der Waals surface area (Å²) >= 11 is 3.40.